The standard InChI is InChI=1S/C41H52N6O6S/c1-28(49)54-27-38(52)45-31(26-48)39(53)44-25-37(51)43-24-36(50)42-22-14-15-23-47-33-19-13-11-17-30(33)41(4,5)35(47)21-9-7-8-20-34-40(2,3)29-16-10-12-18-32(29)46(34)6/h7-13,16-21,31,48H,14-15,22-27H2,1-6H3,(H3-,42,43,44,45,50,51,52,53)/p+1. The topological polar surface area (TPSA) is 160 Å². The normalized spacial score (nSPS) is 16.7. The summed E-state index contributed by atoms with van der Waals surface area (Å²) in [7, 11) is 2.12. The highest BCUT2D eigenvalue weighted by Gasteiger charge is 2.42. The maximum absolute atomic E-state index is 12.4. The number of anilines is 1. The molecule has 13 heteroatoms. The smallest absolute Gasteiger partial charge is 0.245 e. The lowest BCUT2D eigenvalue weighted by Crippen LogP contribution is -2.51. The summed E-state index contributed by atoms with van der Waals surface area (Å²) in [6, 6.07) is 15.7. The molecule has 5 N–H and O–H groups in total. The van der Waals surface area contributed by atoms with E-state index in [1.54, 1.807) is 0 Å². The number of hydrogen-bond acceptors (Lipinski definition) is 8. The van der Waals surface area contributed by atoms with Crippen molar-refractivity contribution in [2.45, 2.75) is 64.3 Å². The molecule has 2 aromatic rings. The number of rotatable bonds is 17. The molecular weight excluding hydrogens is 705 g/mol. The molecular formula is C41H53N6O6S+. The highest BCUT2D eigenvalue weighted by Crippen LogP contribution is 2.47. The van der Waals surface area contributed by atoms with Crippen LogP contribution >= 0.6 is 11.8 Å². The van der Waals surface area contributed by atoms with Gasteiger partial charge in [-0.05, 0) is 44.4 Å². The maximum atomic E-state index is 12.4. The van der Waals surface area contributed by atoms with Gasteiger partial charge in [-0.3, -0.25) is 24.0 Å². The van der Waals surface area contributed by atoms with Gasteiger partial charge in [-0.15, -0.1) is 0 Å². The third-order valence-electron chi connectivity index (χ3n) is 9.71. The fraction of sp³-hybridized carbons (Fsp3) is 0.415. The molecule has 0 radical (unpaired) electrons. The van der Waals surface area contributed by atoms with E-state index in [0.717, 1.165) is 31.1 Å². The first-order valence-electron chi connectivity index (χ1n) is 18.2. The monoisotopic (exact) mass is 757 g/mol. The Balaban J connectivity index is 1.23. The lowest BCUT2D eigenvalue weighted by atomic mass is 9.81. The van der Waals surface area contributed by atoms with Crippen LogP contribution in [-0.4, -0.2) is 95.8 Å². The van der Waals surface area contributed by atoms with Gasteiger partial charge in [0.15, 0.2) is 10.8 Å². The number of benzene rings is 2. The summed E-state index contributed by atoms with van der Waals surface area (Å²) in [6.07, 6.45) is 12.2. The highest BCUT2D eigenvalue weighted by atomic mass is 32.2. The van der Waals surface area contributed by atoms with Crippen LogP contribution in [0.15, 0.2) is 84.6 Å². The van der Waals surface area contributed by atoms with Gasteiger partial charge in [-0.1, -0.05) is 80.2 Å². The Morgan fingerprint density at radius 3 is 2.20 bits per heavy atom. The highest BCUT2D eigenvalue weighted by molar-refractivity contribution is 8.14. The first-order chi connectivity index (χ1) is 25.7. The maximum Gasteiger partial charge on any atom is 0.245 e. The Bertz CT molecular complexity index is 1860. The molecule has 4 rings (SSSR count). The Morgan fingerprint density at radius 2 is 1.50 bits per heavy atom. The van der Waals surface area contributed by atoms with Crippen molar-refractivity contribution in [2.24, 2.45) is 0 Å². The van der Waals surface area contributed by atoms with Crippen molar-refractivity contribution in [3.05, 3.63) is 95.7 Å². The van der Waals surface area contributed by atoms with E-state index in [1.807, 2.05) is 0 Å². The second kappa shape index (κ2) is 18.8. The van der Waals surface area contributed by atoms with Crippen LogP contribution in [0.4, 0.5) is 11.4 Å². The molecule has 54 heavy (non-hydrogen) atoms. The minimum atomic E-state index is -1.28. The van der Waals surface area contributed by atoms with Crippen LogP contribution in [0.3, 0.4) is 0 Å². The number of nitrogens with zero attached hydrogens (tertiary/aromatic N) is 2. The molecule has 4 amide bonds. The molecule has 1 unspecified atom stereocenters. The number of allylic oxidation sites excluding steroid dienone is 6. The third kappa shape index (κ3) is 10.4. The molecule has 2 aromatic carbocycles. The van der Waals surface area contributed by atoms with Gasteiger partial charge in [-0.25, -0.2) is 0 Å². The van der Waals surface area contributed by atoms with Crippen LogP contribution in [0.5, 0.6) is 0 Å². The molecule has 0 fully saturated rings. The predicted octanol–water partition coefficient (Wildman–Crippen LogP) is 3.37. The fourth-order valence-electron chi connectivity index (χ4n) is 6.86. The van der Waals surface area contributed by atoms with Crippen molar-refractivity contribution >= 4 is 57.6 Å². The van der Waals surface area contributed by atoms with E-state index in [1.165, 1.54) is 40.8 Å². The molecule has 288 valence electrons. The van der Waals surface area contributed by atoms with Crippen molar-refractivity contribution in [1.82, 2.24) is 21.3 Å². The fourth-order valence-corrected chi connectivity index (χ4v) is 7.27. The minimum absolute atomic E-state index is 0.0841. The zero-order valence-electron chi connectivity index (χ0n) is 32.0. The van der Waals surface area contributed by atoms with Gasteiger partial charge in [0.1, 0.15) is 13.1 Å². The molecule has 2 aliphatic rings. The van der Waals surface area contributed by atoms with E-state index in [9.17, 15) is 29.1 Å². The van der Waals surface area contributed by atoms with Crippen molar-refractivity contribution in [2.75, 3.05) is 50.5 Å². The number of hydrogen-bond donors (Lipinski definition) is 5. The zero-order valence-corrected chi connectivity index (χ0v) is 32.8. The number of carbonyl (C=O) groups excluding carboxylic acids is 5. The Hall–Kier alpha value is -5.01. The van der Waals surface area contributed by atoms with Crippen molar-refractivity contribution in [1.29, 1.82) is 0 Å². The average Bonchev–Trinajstić information content (AvgIpc) is 3.48. The Labute approximate surface area is 322 Å². The number of carbonyl (C=O) groups is 5. The molecule has 0 aliphatic carbocycles. The predicted molar refractivity (Wildman–Crippen MR) is 214 cm³/mol. The first kappa shape index (κ1) is 41.7. The number of fused-ring (bicyclic) bond motifs is 2. The molecule has 1 atom stereocenters. The number of para-hydroxylation sites is 2. The van der Waals surface area contributed by atoms with E-state index >= 15 is 0 Å². The molecule has 0 bridgehead atoms. The Morgan fingerprint density at radius 1 is 0.833 bits per heavy atom. The quantitative estimate of drug-likeness (QED) is 0.0934. The lowest BCUT2D eigenvalue weighted by Gasteiger charge is -2.27. The van der Waals surface area contributed by atoms with Gasteiger partial charge in [-0.2, -0.15) is 4.58 Å². The molecule has 2 aliphatic heterocycles. The number of nitrogens with one attached hydrogen (secondary N) is 4. The largest absolute Gasteiger partial charge is 0.394 e. The average molecular weight is 758 g/mol. The SMILES string of the molecule is CC(=O)SCC(=O)NC(CO)C(=O)NCC(=O)NCC(=O)NCCCCN1/C(=C/C=C/C=C/C2=[N+](C)c3ccccc3C2(C)C)C(C)(C)c2ccccc21. The van der Waals surface area contributed by atoms with Gasteiger partial charge >= 0.3 is 0 Å². The van der Waals surface area contributed by atoms with Crippen LogP contribution in [0, 0.1) is 0 Å². The molecule has 0 aromatic heterocycles. The van der Waals surface area contributed by atoms with Crippen LogP contribution in [0.2, 0.25) is 0 Å². The van der Waals surface area contributed by atoms with Crippen LogP contribution in [-0.2, 0) is 34.8 Å². The molecule has 0 saturated heterocycles. The number of amides is 4. The van der Waals surface area contributed by atoms with Gasteiger partial charge in [0.2, 0.25) is 29.3 Å². The summed E-state index contributed by atoms with van der Waals surface area (Å²) >= 11 is 0.772. The van der Waals surface area contributed by atoms with Gasteiger partial charge < -0.3 is 31.3 Å². The summed E-state index contributed by atoms with van der Waals surface area (Å²) in [4.78, 5) is 62.1. The van der Waals surface area contributed by atoms with E-state index in [-0.39, 0.29) is 34.2 Å². The van der Waals surface area contributed by atoms with E-state index in [2.05, 4.69) is 144 Å². The van der Waals surface area contributed by atoms with E-state index in [0.29, 0.717) is 6.54 Å². The van der Waals surface area contributed by atoms with Crippen LogP contribution in [0.25, 0.3) is 0 Å². The summed E-state index contributed by atoms with van der Waals surface area (Å²) in [6.45, 7) is 10.1. The minimum Gasteiger partial charge on any atom is -0.394 e. The first-order valence-corrected chi connectivity index (χ1v) is 19.1. The lowest BCUT2D eigenvalue weighted by molar-refractivity contribution is -0.401. The summed E-state index contributed by atoms with van der Waals surface area (Å²) in [5.41, 5.74) is 7.18. The second-order valence-electron chi connectivity index (χ2n) is 14.3. The van der Waals surface area contributed by atoms with Crippen LogP contribution < -0.4 is 26.2 Å². The van der Waals surface area contributed by atoms with Crippen molar-refractivity contribution in [3.63, 3.8) is 0 Å². The van der Waals surface area contributed by atoms with Gasteiger partial charge in [0.25, 0.3) is 0 Å². The van der Waals surface area contributed by atoms with Crippen molar-refractivity contribution in [3.8, 4) is 0 Å². The second-order valence-corrected chi connectivity index (χ2v) is 15.5. The third-order valence-corrected chi connectivity index (χ3v) is 10.5. The molecule has 0 spiro atoms. The summed E-state index contributed by atoms with van der Waals surface area (Å²) in [5, 5.41) is 19.1. The molecule has 12 nitrogen and oxygen atoms in total. The number of aliphatic hydroxyl groups is 1. The Kier molecular flexibility index (Phi) is 14.6. The summed E-state index contributed by atoms with van der Waals surface area (Å²) in [5.74, 6) is -2.53. The van der Waals surface area contributed by atoms with Gasteiger partial charge in [0, 0.05) is 54.5 Å². The zero-order chi connectivity index (χ0) is 39.5. The van der Waals surface area contributed by atoms with E-state index < -0.39 is 36.9 Å². The number of unbranched alkanes of at least 4 members (excludes halogenated alkanes) is 1. The van der Waals surface area contributed by atoms with Crippen LogP contribution in [0.1, 0.15) is 58.6 Å². The molecule has 2 heterocycles. The van der Waals surface area contributed by atoms with Crippen molar-refractivity contribution < 1.29 is 33.7 Å². The van der Waals surface area contributed by atoms with E-state index in [4.69, 9.17) is 0 Å². The van der Waals surface area contributed by atoms with Gasteiger partial charge in [0.05, 0.1) is 30.9 Å². The number of aliphatic hydroxyl groups excluding tert-OH is 1. The molecule has 0 saturated carbocycles. The number of thioether (sulfide) groups is 1. The summed E-state index contributed by atoms with van der Waals surface area (Å²) < 4.78 is 2.26.